The van der Waals surface area contributed by atoms with Crippen molar-refractivity contribution < 1.29 is 14.5 Å². The Morgan fingerprint density at radius 3 is 2.93 bits per heavy atom. The van der Waals surface area contributed by atoms with Crippen molar-refractivity contribution in [3.8, 4) is 0 Å². The third-order valence-electron chi connectivity index (χ3n) is 4.76. The summed E-state index contributed by atoms with van der Waals surface area (Å²) < 4.78 is 0. The standard InChI is InChI=1S/C20H26N6O3S/c1-13-7-6-8-15(17(13)18(24-28-5)19(27)21-3)11-29-23-10-9-16-14(2)30-20-25(4)12-22-26(16)20/h6-8,10,12,20H,9,11H2,1-5H3,(H,21,27). The Balaban J connectivity index is 1.66. The van der Waals surface area contributed by atoms with E-state index in [9.17, 15) is 4.79 Å². The highest BCUT2D eigenvalue weighted by Crippen LogP contribution is 2.41. The van der Waals surface area contributed by atoms with E-state index < -0.39 is 0 Å². The quantitative estimate of drug-likeness (QED) is 0.503. The van der Waals surface area contributed by atoms with Crippen LogP contribution in [0.25, 0.3) is 0 Å². The number of nitrogens with zero attached hydrogens (tertiary/aromatic N) is 5. The van der Waals surface area contributed by atoms with Crippen LogP contribution < -0.4 is 5.32 Å². The molecule has 1 atom stereocenters. The number of oxime groups is 2. The lowest BCUT2D eigenvalue weighted by molar-refractivity contribution is -0.114. The summed E-state index contributed by atoms with van der Waals surface area (Å²) in [5.74, 6) is -0.331. The van der Waals surface area contributed by atoms with Crippen LogP contribution in [0.1, 0.15) is 30.0 Å². The second-order valence-corrected chi connectivity index (χ2v) is 8.03. The molecule has 0 fully saturated rings. The molecule has 1 N–H and O–H groups in total. The average Bonchev–Trinajstić information content (AvgIpc) is 3.24. The van der Waals surface area contributed by atoms with Crippen molar-refractivity contribution in [1.82, 2.24) is 15.2 Å². The van der Waals surface area contributed by atoms with Gasteiger partial charge in [-0.05, 0) is 19.4 Å². The van der Waals surface area contributed by atoms with Crippen LogP contribution in [0.15, 0.2) is 44.2 Å². The monoisotopic (exact) mass is 430 g/mol. The summed E-state index contributed by atoms with van der Waals surface area (Å²) in [5, 5.41) is 17.0. The average molecular weight is 431 g/mol. The highest BCUT2D eigenvalue weighted by Gasteiger charge is 2.35. The molecule has 30 heavy (non-hydrogen) atoms. The molecule has 9 nitrogen and oxygen atoms in total. The normalized spacial score (nSPS) is 18.4. The predicted molar refractivity (Wildman–Crippen MR) is 119 cm³/mol. The van der Waals surface area contributed by atoms with E-state index in [1.807, 2.05) is 43.5 Å². The van der Waals surface area contributed by atoms with Gasteiger partial charge in [-0.25, -0.2) is 5.01 Å². The molecule has 2 aliphatic heterocycles. The molecule has 10 heteroatoms. The third-order valence-corrected chi connectivity index (χ3v) is 6.09. The van der Waals surface area contributed by atoms with Crippen molar-refractivity contribution in [2.75, 3.05) is 21.2 Å². The second kappa shape index (κ2) is 9.66. The summed E-state index contributed by atoms with van der Waals surface area (Å²) >= 11 is 1.77. The summed E-state index contributed by atoms with van der Waals surface area (Å²) in [5.41, 5.74) is 3.87. The van der Waals surface area contributed by atoms with Gasteiger partial charge in [-0.1, -0.05) is 40.3 Å². The van der Waals surface area contributed by atoms with E-state index >= 15 is 0 Å². The molecule has 0 aliphatic carbocycles. The molecule has 1 aromatic carbocycles. The number of carbonyl (C=O) groups is 1. The first-order chi connectivity index (χ1) is 14.5. The van der Waals surface area contributed by atoms with Crippen molar-refractivity contribution in [2.45, 2.75) is 32.4 Å². The first-order valence-electron chi connectivity index (χ1n) is 9.45. The lowest BCUT2D eigenvalue weighted by atomic mass is 9.97. The zero-order valence-electron chi connectivity index (χ0n) is 17.7. The fourth-order valence-electron chi connectivity index (χ4n) is 3.27. The number of likely N-dealkylation sites (N-methyl/N-ethyl adjacent to an activating group) is 1. The van der Waals surface area contributed by atoms with Crippen LogP contribution in [0.5, 0.6) is 0 Å². The number of hydrogen-bond acceptors (Lipinski definition) is 9. The maximum Gasteiger partial charge on any atom is 0.273 e. The molecular formula is C20H26N6O3S. The van der Waals surface area contributed by atoms with E-state index in [0.717, 1.165) is 16.8 Å². The molecule has 0 radical (unpaired) electrons. The van der Waals surface area contributed by atoms with Gasteiger partial charge in [0.2, 0.25) is 0 Å². The van der Waals surface area contributed by atoms with E-state index in [1.54, 1.807) is 25.0 Å². The highest BCUT2D eigenvalue weighted by molar-refractivity contribution is 8.03. The highest BCUT2D eigenvalue weighted by atomic mass is 32.2. The van der Waals surface area contributed by atoms with Gasteiger partial charge in [-0.2, -0.15) is 5.10 Å². The number of carbonyl (C=O) groups excluding carboxylic acids is 1. The molecule has 2 heterocycles. The fraction of sp³-hybridized carbons (Fsp3) is 0.400. The Bertz CT molecular complexity index is 927. The molecule has 2 aliphatic rings. The number of aryl methyl sites for hydroxylation is 1. The van der Waals surface area contributed by atoms with Crippen molar-refractivity contribution >= 4 is 35.9 Å². The van der Waals surface area contributed by atoms with Crippen molar-refractivity contribution in [1.29, 1.82) is 0 Å². The van der Waals surface area contributed by atoms with Crippen molar-refractivity contribution in [3.63, 3.8) is 0 Å². The summed E-state index contributed by atoms with van der Waals surface area (Å²) in [6.45, 7) is 4.20. The first kappa shape index (κ1) is 21.7. The number of rotatable bonds is 8. The predicted octanol–water partition coefficient (Wildman–Crippen LogP) is 2.44. The molecule has 0 saturated heterocycles. The summed E-state index contributed by atoms with van der Waals surface area (Å²) in [7, 11) is 4.97. The largest absolute Gasteiger partial charge is 0.398 e. The fourth-order valence-corrected chi connectivity index (χ4v) is 4.40. The Hall–Kier alpha value is -3.01. The number of nitrogens with one attached hydrogen (secondary N) is 1. The van der Waals surface area contributed by atoms with Gasteiger partial charge in [0.15, 0.2) is 11.2 Å². The smallest absolute Gasteiger partial charge is 0.273 e. The van der Waals surface area contributed by atoms with Gasteiger partial charge in [0, 0.05) is 42.8 Å². The van der Waals surface area contributed by atoms with Gasteiger partial charge < -0.3 is 19.9 Å². The Morgan fingerprint density at radius 1 is 1.40 bits per heavy atom. The molecule has 0 bridgehead atoms. The number of hydrazone groups is 1. The molecule has 1 amide bonds. The van der Waals surface area contributed by atoms with E-state index in [1.165, 1.54) is 12.0 Å². The van der Waals surface area contributed by atoms with Crippen LogP contribution in [0.3, 0.4) is 0 Å². The van der Waals surface area contributed by atoms with Gasteiger partial charge in [0.1, 0.15) is 20.1 Å². The van der Waals surface area contributed by atoms with E-state index in [-0.39, 0.29) is 23.7 Å². The molecule has 0 saturated carbocycles. The van der Waals surface area contributed by atoms with Gasteiger partial charge >= 0.3 is 0 Å². The maximum absolute atomic E-state index is 12.3. The lowest BCUT2D eigenvalue weighted by Crippen LogP contribution is -2.30. The number of hydrogen-bond donors (Lipinski definition) is 1. The van der Waals surface area contributed by atoms with Gasteiger partial charge in [0.25, 0.3) is 5.91 Å². The number of fused-ring (bicyclic) bond motifs is 1. The summed E-state index contributed by atoms with van der Waals surface area (Å²) in [6, 6.07) is 5.69. The molecule has 1 unspecified atom stereocenters. The maximum atomic E-state index is 12.3. The SMILES string of the molecule is CNC(=O)C(=NOC)c1c(C)cccc1CON=CCC1=C(C)SC2N(C)C=NN12. The van der Waals surface area contributed by atoms with Crippen LogP contribution >= 0.6 is 11.8 Å². The second-order valence-electron chi connectivity index (χ2n) is 6.76. The number of amides is 1. The molecule has 0 aromatic heterocycles. The van der Waals surface area contributed by atoms with E-state index in [4.69, 9.17) is 9.68 Å². The number of benzene rings is 1. The molecule has 1 aromatic rings. The molecule has 0 spiro atoms. The summed E-state index contributed by atoms with van der Waals surface area (Å²) in [6.07, 6.45) is 4.17. The third kappa shape index (κ3) is 4.43. The van der Waals surface area contributed by atoms with Crippen LogP contribution in [0, 0.1) is 6.92 Å². The van der Waals surface area contributed by atoms with E-state index in [0.29, 0.717) is 12.0 Å². The Labute approximate surface area is 180 Å². The van der Waals surface area contributed by atoms with Gasteiger partial charge in [0.05, 0.1) is 5.70 Å². The van der Waals surface area contributed by atoms with Crippen LogP contribution in [0.4, 0.5) is 0 Å². The zero-order chi connectivity index (χ0) is 21.7. The topological polar surface area (TPSA) is 91.1 Å². The van der Waals surface area contributed by atoms with E-state index in [2.05, 4.69) is 32.6 Å². The van der Waals surface area contributed by atoms with Crippen molar-refractivity contribution in [3.05, 3.63) is 45.5 Å². The minimum absolute atomic E-state index is 0.187. The Kier molecular flexibility index (Phi) is 6.99. The van der Waals surface area contributed by atoms with Crippen molar-refractivity contribution in [2.24, 2.45) is 15.4 Å². The molecule has 160 valence electrons. The lowest BCUT2D eigenvalue weighted by Gasteiger charge is -2.21. The van der Waals surface area contributed by atoms with Crippen LogP contribution in [-0.4, -0.2) is 60.8 Å². The van der Waals surface area contributed by atoms with Crippen LogP contribution in [-0.2, 0) is 21.1 Å². The number of allylic oxidation sites excluding steroid dienone is 2. The molecular weight excluding hydrogens is 404 g/mol. The summed E-state index contributed by atoms with van der Waals surface area (Å²) in [4.78, 5) is 26.0. The van der Waals surface area contributed by atoms with Crippen LogP contribution in [0.2, 0.25) is 0 Å². The number of thioether (sulfide) groups is 1. The minimum Gasteiger partial charge on any atom is -0.398 e. The van der Waals surface area contributed by atoms with Gasteiger partial charge in [-0.15, -0.1) is 0 Å². The van der Waals surface area contributed by atoms with Gasteiger partial charge in [-0.3, -0.25) is 4.79 Å². The Morgan fingerprint density at radius 2 is 2.20 bits per heavy atom. The first-order valence-corrected chi connectivity index (χ1v) is 10.3. The zero-order valence-corrected chi connectivity index (χ0v) is 18.6. The molecule has 3 rings (SSSR count). The minimum atomic E-state index is -0.331.